The van der Waals surface area contributed by atoms with E-state index in [1.165, 1.54) is 18.4 Å². The molecule has 80 valence electrons. The first-order valence-corrected chi connectivity index (χ1v) is 5.13. The molecule has 0 aliphatic carbocycles. The number of primary amides is 1. The Labute approximate surface area is 91.3 Å². The van der Waals surface area contributed by atoms with E-state index >= 15 is 0 Å². The highest BCUT2D eigenvalue weighted by Gasteiger charge is 2.10. The Morgan fingerprint density at radius 2 is 2.33 bits per heavy atom. The molecule has 1 aromatic heterocycles. The Balaban J connectivity index is 2.77. The van der Waals surface area contributed by atoms with Crippen LogP contribution in [0.3, 0.4) is 0 Å². The van der Waals surface area contributed by atoms with Gasteiger partial charge in [-0.25, -0.2) is 4.79 Å². The van der Waals surface area contributed by atoms with Crippen LogP contribution in [0.2, 0.25) is 0 Å². The summed E-state index contributed by atoms with van der Waals surface area (Å²) in [5.41, 5.74) is 5.72. The van der Waals surface area contributed by atoms with Crippen molar-refractivity contribution in [3.63, 3.8) is 0 Å². The van der Waals surface area contributed by atoms with Crippen LogP contribution < -0.4 is 5.73 Å². The van der Waals surface area contributed by atoms with Crippen LogP contribution in [-0.4, -0.2) is 19.0 Å². The first-order valence-electron chi connectivity index (χ1n) is 4.25. The summed E-state index contributed by atoms with van der Waals surface area (Å²) in [4.78, 5) is 22.3. The van der Waals surface area contributed by atoms with Gasteiger partial charge in [0.05, 0.1) is 7.11 Å². The van der Waals surface area contributed by atoms with Gasteiger partial charge in [0, 0.05) is 6.42 Å². The lowest BCUT2D eigenvalue weighted by molar-refractivity contribution is -0.117. The molecule has 1 heterocycles. The van der Waals surface area contributed by atoms with E-state index in [1.807, 2.05) is 0 Å². The van der Waals surface area contributed by atoms with E-state index < -0.39 is 5.91 Å². The van der Waals surface area contributed by atoms with Gasteiger partial charge >= 0.3 is 5.97 Å². The fourth-order valence-corrected chi connectivity index (χ4v) is 1.81. The first-order chi connectivity index (χ1) is 7.15. The monoisotopic (exact) mass is 225 g/mol. The van der Waals surface area contributed by atoms with E-state index in [0.717, 1.165) is 5.56 Å². The van der Waals surface area contributed by atoms with Gasteiger partial charge in [-0.15, -0.1) is 11.3 Å². The molecule has 0 spiro atoms. The molecule has 0 saturated carbocycles. The maximum absolute atomic E-state index is 11.3. The molecule has 0 aliphatic rings. The molecule has 0 radical (unpaired) electrons. The fraction of sp³-hybridized carbons (Fsp3) is 0.200. The second-order valence-corrected chi connectivity index (χ2v) is 3.69. The summed E-state index contributed by atoms with van der Waals surface area (Å²) >= 11 is 1.30. The topological polar surface area (TPSA) is 69.4 Å². The van der Waals surface area contributed by atoms with E-state index in [0.29, 0.717) is 4.88 Å². The molecule has 1 amide bonds. The summed E-state index contributed by atoms with van der Waals surface area (Å²) in [6.45, 7) is 0. The van der Waals surface area contributed by atoms with Crippen LogP contribution in [0.15, 0.2) is 17.5 Å². The maximum Gasteiger partial charge on any atom is 0.348 e. The van der Waals surface area contributed by atoms with Crippen molar-refractivity contribution in [1.29, 1.82) is 0 Å². The molecule has 4 nitrogen and oxygen atoms in total. The van der Waals surface area contributed by atoms with Gasteiger partial charge in [0.2, 0.25) is 5.91 Å². The number of carbonyl (C=O) groups excluding carboxylic acids is 2. The van der Waals surface area contributed by atoms with Gasteiger partial charge in [-0.2, -0.15) is 0 Å². The predicted octanol–water partition coefficient (Wildman–Crippen LogP) is 1.42. The van der Waals surface area contributed by atoms with Crippen LogP contribution in [-0.2, 0) is 9.53 Å². The van der Waals surface area contributed by atoms with Crippen molar-refractivity contribution in [3.8, 4) is 0 Å². The molecule has 0 atom stereocenters. The van der Waals surface area contributed by atoms with Gasteiger partial charge in [-0.05, 0) is 17.0 Å². The highest BCUT2D eigenvalue weighted by atomic mass is 32.1. The van der Waals surface area contributed by atoms with E-state index in [2.05, 4.69) is 4.74 Å². The Morgan fingerprint density at radius 3 is 2.93 bits per heavy atom. The molecule has 0 saturated heterocycles. The average molecular weight is 225 g/mol. The second-order valence-electron chi connectivity index (χ2n) is 2.77. The molecular weight excluding hydrogens is 214 g/mol. The van der Waals surface area contributed by atoms with Crippen molar-refractivity contribution in [2.75, 3.05) is 7.11 Å². The van der Waals surface area contributed by atoms with E-state index in [1.54, 1.807) is 23.6 Å². The SMILES string of the molecule is COC(=O)c1sccc1C=CCC(N)=O. The summed E-state index contributed by atoms with van der Waals surface area (Å²) in [5.74, 6) is -0.773. The van der Waals surface area contributed by atoms with Crippen LogP contribution >= 0.6 is 11.3 Å². The number of carbonyl (C=O) groups is 2. The molecule has 1 rings (SSSR count). The van der Waals surface area contributed by atoms with Gasteiger partial charge in [0.1, 0.15) is 4.88 Å². The molecule has 0 aromatic carbocycles. The minimum absolute atomic E-state index is 0.163. The Hall–Kier alpha value is -1.62. The molecule has 0 bridgehead atoms. The van der Waals surface area contributed by atoms with E-state index in [-0.39, 0.29) is 12.4 Å². The number of esters is 1. The van der Waals surface area contributed by atoms with Crippen LogP contribution in [0.4, 0.5) is 0 Å². The molecule has 2 N–H and O–H groups in total. The Morgan fingerprint density at radius 1 is 1.60 bits per heavy atom. The molecule has 0 fully saturated rings. The van der Waals surface area contributed by atoms with Crippen LogP contribution in [0.1, 0.15) is 21.7 Å². The number of thiophene rings is 1. The van der Waals surface area contributed by atoms with E-state index in [9.17, 15) is 9.59 Å². The second kappa shape index (κ2) is 5.31. The number of ether oxygens (including phenoxy) is 1. The highest BCUT2D eigenvalue weighted by molar-refractivity contribution is 7.12. The van der Waals surface area contributed by atoms with Crippen LogP contribution in [0.5, 0.6) is 0 Å². The van der Waals surface area contributed by atoms with Crippen molar-refractivity contribution >= 4 is 29.3 Å². The quantitative estimate of drug-likeness (QED) is 0.788. The van der Waals surface area contributed by atoms with Crippen molar-refractivity contribution in [1.82, 2.24) is 0 Å². The summed E-state index contributed by atoms with van der Waals surface area (Å²) in [6, 6.07) is 1.79. The molecule has 0 aliphatic heterocycles. The smallest absolute Gasteiger partial charge is 0.348 e. The number of hydrogen-bond donors (Lipinski definition) is 1. The third-order valence-corrected chi connectivity index (χ3v) is 2.59. The molecule has 5 heteroatoms. The Bertz CT molecular complexity index is 395. The highest BCUT2D eigenvalue weighted by Crippen LogP contribution is 2.19. The molecule has 1 aromatic rings. The number of nitrogens with two attached hydrogens (primary N) is 1. The van der Waals surface area contributed by atoms with Crippen LogP contribution in [0, 0.1) is 0 Å². The lowest BCUT2D eigenvalue weighted by Crippen LogP contribution is -2.08. The lowest BCUT2D eigenvalue weighted by Gasteiger charge is -1.96. The van der Waals surface area contributed by atoms with Crippen molar-refractivity contribution in [2.45, 2.75) is 6.42 Å². The first kappa shape index (κ1) is 11.5. The molecular formula is C10H11NO3S. The minimum Gasteiger partial charge on any atom is -0.465 e. The third kappa shape index (κ3) is 3.21. The summed E-state index contributed by atoms with van der Waals surface area (Å²) in [7, 11) is 1.33. The van der Waals surface area contributed by atoms with Crippen molar-refractivity contribution in [2.24, 2.45) is 5.73 Å². The zero-order valence-electron chi connectivity index (χ0n) is 8.23. The van der Waals surface area contributed by atoms with Crippen molar-refractivity contribution < 1.29 is 14.3 Å². The Kier molecular flexibility index (Phi) is 4.05. The number of hydrogen-bond acceptors (Lipinski definition) is 4. The average Bonchev–Trinajstić information content (AvgIpc) is 2.64. The molecule has 0 unspecified atom stereocenters. The predicted molar refractivity (Wildman–Crippen MR) is 58.5 cm³/mol. The number of amides is 1. The number of rotatable bonds is 4. The lowest BCUT2D eigenvalue weighted by atomic mass is 10.2. The number of methoxy groups -OCH3 is 1. The van der Waals surface area contributed by atoms with E-state index in [4.69, 9.17) is 5.73 Å². The zero-order valence-corrected chi connectivity index (χ0v) is 9.04. The summed E-state index contributed by atoms with van der Waals surface area (Å²) in [5, 5.41) is 1.79. The summed E-state index contributed by atoms with van der Waals surface area (Å²) < 4.78 is 4.61. The molecule has 15 heavy (non-hydrogen) atoms. The summed E-state index contributed by atoms with van der Waals surface area (Å²) in [6.07, 6.45) is 3.47. The largest absolute Gasteiger partial charge is 0.465 e. The zero-order chi connectivity index (χ0) is 11.3. The maximum atomic E-state index is 11.3. The minimum atomic E-state index is -0.402. The van der Waals surface area contributed by atoms with Gasteiger partial charge in [-0.1, -0.05) is 12.2 Å². The van der Waals surface area contributed by atoms with Gasteiger partial charge in [0.25, 0.3) is 0 Å². The van der Waals surface area contributed by atoms with Crippen molar-refractivity contribution in [3.05, 3.63) is 28.0 Å². The fourth-order valence-electron chi connectivity index (χ4n) is 1.01. The standard InChI is InChI=1S/C10H11NO3S/c1-14-10(13)9-7(5-6-15-9)3-2-4-8(11)12/h2-3,5-6H,4H2,1H3,(H2,11,12). The van der Waals surface area contributed by atoms with Gasteiger partial charge in [0.15, 0.2) is 0 Å². The normalized spacial score (nSPS) is 10.5. The van der Waals surface area contributed by atoms with Crippen LogP contribution in [0.25, 0.3) is 6.08 Å². The van der Waals surface area contributed by atoms with Gasteiger partial charge < -0.3 is 10.5 Å². The van der Waals surface area contributed by atoms with Gasteiger partial charge in [-0.3, -0.25) is 4.79 Å². The third-order valence-electron chi connectivity index (χ3n) is 1.68.